The van der Waals surface area contributed by atoms with Gasteiger partial charge in [-0.15, -0.1) is 32.0 Å². The van der Waals surface area contributed by atoms with Gasteiger partial charge in [-0.2, -0.15) is 0 Å². The molecule has 0 fully saturated rings. The fraction of sp³-hybridized carbons (Fsp3) is 0.200. The Morgan fingerprint density at radius 1 is 0.422 bits per heavy atom. The molecule has 0 amide bonds. The second-order valence-electron chi connectivity index (χ2n) is 11.7. The first-order chi connectivity index (χ1) is 28.6. The number of aromatic nitrogens is 4. The number of carbonyl (C=O) groups excluding carboxylic acids is 2. The number of pyridine rings is 4. The number of nitrogens with zero attached hydrogens (tertiary/aromatic N) is 4. The molecule has 1 aromatic carbocycles. The molecule has 5 rings (SSSR count). The summed E-state index contributed by atoms with van der Waals surface area (Å²) >= 11 is 0. The minimum absolute atomic E-state index is 0. The summed E-state index contributed by atoms with van der Waals surface area (Å²) in [5.41, 5.74) is 4.86. The van der Waals surface area contributed by atoms with Crippen molar-refractivity contribution in [3.63, 3.8) is 0 Å². The Bertz CT molecular complexity index is 1900. The molecule has 0 atom stereocenters. The quantitative estimate of drug-likeness (QED) is 0.0884. The molecule has 0 spiro atoms. The summed E-state index contributed by atoms with van der Waals surface area (Å²) in [4.78, 5) is 39.6. The van der Waals surface area contributed by atoms with Gasteiger partial charge in [0.2, 0.25) is 0 Å². The van der Waals surface area contributed by atoms with Crippen LogP contribution in [-0.4, -0.2) is 64.9 Å². The monoisotopic (exact) mass is 1060 g/mol. The SMILES string of the molecule is CC(=O)/C(=C(/C)[O-])c1ccc(/C(C(C)=O)=C(\C)[O-])cc1.CS(C)=O.CS(C)=O.[Cu+2].[Cu+2].[O-][Cl+3]([O-])([O-])[O-].[O-][Cl+3]([O-])([O-])[O-].c1ccc(-c2ccccn2)nc1.c1ccc(-c2ccccn2)nc1. The van der Waals surface area contributed by atoms with E-state index in [0.717, 1.165) is 22.8 Å². The Kier molecular flexibility index (Phi) is 37.5. The van der Waals surface area contributed by atoms with Gasteiger partial charge in [-0.3, -0.25) is 37.9 Å². The van der Waals surface area contributed by atoms with Crippen LogP contribution in [0, 0.1) is 20.5 Å². The van der Waals surface area contributed by atoms with Crippen LogP contribution in [0.3, 0.4) is 0 Å². The molecule has 5 aromatic rings. The largest absolute Gasteiger partial charge is 2.00 e. The molecule has 0 aliphatic heterocycles. The first-order valence-electron chi connectivity index (χ1n) is 16.9. The van der Waals surface area contributed by atoms with Crippen molar-refractivity contribution in [3.8, 4) is 22.8 Å². The first kappa shape index (κ1) is 66.4. The summed E-state index contributed by atoms with van der Waals surface area (Å²) in [6.07, 6.45) is 13.6. The van der Waals surface area contributed by atoms with E-state index in [4.69, 9.17) is 37.3 Å². The summed E-state index contributed by atoms with van der Waals surface area (Å²) in [5.74, 6) is -1.25. The fourth-order valence-corrected chi connectivity index (χ4v) is 4.17. The van der Waals surface area contributed by atoms with Gasteiger partial charge in [0.25, 0.3) is 0 Å². The average molecular weight is 1070 g/mol. The zero-order valence-electron chi connectivity index (χ0n) is 35.2. The third kappa shape index (κ3) is 38.3. The van der Waals surface area contributed by atoms with E-state index < -0.39 is 42.1 Å². The summed E-state index contributed by atoms with van der Waals surface area (Å²) in [6, 6.07) is 29.5. The Morgan fingerprint density at radius 2 is 0.594 bits per heavy atom. The van der Waals surface area contributed by atoms with Crippen LogP contribution in [0.2, 0.25) is 0 Å². The number of rotatable bonds is 6. The second kappa shape index (κ2) is 36.1. The van der Waals surface area contributed by atoms with Crippen molar-refractivity contribution >= 4 is 44.3 Å². The van der Waals surface area contributed by atoms with Gasteiger partial charge >= 0.3 is 34.1 Å². The van der Waals surface area contributed by atoms with Crippen molar-refractivity contribution in [1.82, 2.24) is 19.9 Å². The van der Waals surface area contributed by atoms with E-state index in [9.17, 15) is 28.2 Å². The topological polar surface area (TPSA) is 350 Å². The number of carbonyl (C=O) groups is 2. The molecule has 0 unspecified atom stereocenters. The molecule has 356 valence electrons. The van der Waals surface area contributed by atoms with Gasteiger partial charge in [0.1, 0.15) is 0 Å². The van der Waals surface area contributed by atoms with Gasteiger partial charge in [0.05, 0.1) is 22.8 Å². The molecule has 0 aliphatic carbocycles. The second-order valence-corrected chi connectivity index (χ2v) is 16.1. The zero-order valence-corrected chi connectivity index (χ0v) is 40.3. The van der Waals surface area contributed by atoms with E-state index in [1.54, 1.807) is 74.1 Å². The minimum Gasteiger partial charge on any atom is -0.875 e. The molecule has 64 heavy (non-hydrogen) atoms. The van der Waals surface area contributed by atoms with E-state index in [0.29, 0.717) is 11.1 Å². The number of hydrogen-bond donors (Lipinski definition) is 0. The molecule has 24 heteroatoms. The maximum atomic E-state index is 11.4. The van der Waals surface area contributed by atoms with Crippen molar-refractivity contribution in [2.75, 3.05) is 25.0 Å². The van der Waals surface area contributed by atoms with Crippen molar-refractivity contribution < 1.29 is 120 Å². The Morgan fingerprint density at radius 3 is 0.703 bits per heavy atom. The Labute approximate surface area is 401 Å². The van der Waals surface area contributed by atoms with Crippen LogP contribution in [0.5, 0.6) is 0 Å². The average Bonchev–Trinajstić information content (AvgIpc) is 3.15. The number of ketones is 2. The molecular formula is C40H44Cl2Cu2N4O14S2. The predicted molar refractivity (Wildman–Crippen MR) is 208 cm³/mol. The molecule has 4 aromatic heterocycles. The van der Waals surface area contributed by atoms with E-state index in [-0.39, 0.29) is 68.4 Å². The van der Waals surface area contributed by atoms with Crippen molar-refractivity contribution in [2.45, 2.75) is 27.7 Å². The molecule has 0 saturated carbocycles. The van der Waals surface area contributed by atoms with Gasteiger partial charge < -0.3 is 10.2 Å². The van der Waals surface area contributed by atoms with E-state index in [1.165, 1.54) is 27.7 Å². The van der Waals surface area contributed by atoms with Crippen LogP contribution >= 0.6 is 0 Å². The van der Waals surface area contributed by atoms with Gasteiger partial charge in [-0.05, 0) is 73.5 Å². The third-order valence-corrected chi connectivity index (χ3v) is 6.05. The van der Waals surface area contributed by atoms with Crippen molar-refractivity contribution in [3.05, 3.63) is 144 Å². The van der Waals surface area contributed by atoms with Crippen LogP contribution in [0.15, 0.2) is 133 Å². The van der Waals surface area contributed by atoms with E-state index in [1.807, 2.05) is 72.8 Å². The van der Waals surface area contributed by atoms with Crippen molar-refractivity contribution in [2.24, 2.45) is 0 Å². The smallest absolute Gasteiger partial charge is 0.875 e. The molecule has 0 N–H and O–H groups in total. The summed E-state index contributed by atoms with van der Waals surface area (Å²) in [5, 5.41) is 22.9. The van der Waals surface area contributed by atoms with Crippen LogP contribution in [0.25, 0.3) is 33.9 Å². The molecule has 0 aliphatic rings. The number of halogens is 2. The molecule has 4 heterocycles. The van der Waals surface area contributed by atoms with Gasteiger partial charge in [0.15, 0.2) is 11.6 Å². The first-order valence-corrected chi connectivity index (χ1v) is 23.3. The van der Waals surface area contributed by atoms with Crippen LogP contribution in [-0.2, 0) is 65.3 Å². The maximum Gasteiger partial charge on any atom is 2.00 e. The van der Waals surface area contributed by atoms with Gasteiger partial charge in [0, 0.05) is 82.6 Å². The Balaban J connectivity index is -0.000000357. The fourth-order valence-electron chi connectivity index (χ4n) is 4.17. The van der Waals surface area contributed by atoms with Crippen molar-refractivity contribution in [1.29, 1.82) is 0 Å². The van der Waals surface area contributed by atoms with Gasteiger partial charge in [-0.1, -0.05) is 62.4 Å². The summed E-state index contributed by atoms with van der Waals surface area (Å²) < 4.78 is 87.1. The number of allylic oxidation sites excluding steroid dienone is 4. The van der Waals surface area contributed by atoms with E-state index >= 15 is 0 Å². The number of benzene rings is 1. The summed E-state index contributed by atoms with van der Waals surface area (Å²) in [6.45, 7) is 5.31. The zero-order chi connectivity index (χ0) is 48.1. The molecule has 2 radical (unpaired) electrons. The van der Waals surface area contributed by atoms with Crippen LogP contribution in [0.4, 0.5) is 0 Å². The van der Waals surface area contributed by atoms with Crippen LogP contribution in [0.1, 0.15) is 38.8 Å². The summed E-state index contributed by atoms with van der Waals surface area (Å²) in [7, 11) is -11.1. The van der Waals surface area contributed by atoms with Crippen LogP contribution < -0.4 is 47.5 Å². The normalized spacial score (nSPS) is 10.8. The standard InChI is InChI=1S/C16H18O4.2C10H8N2.2C2H6OS.2ClHO4.2Cu/c1-9(17)15(10(2)18)13-5-7-14(8-6-13)16(11(3)19)12(4)20;2*1-3-7-11-9(5-1)10-6-2-4-8-12-10;2*1-4(2)3;2*2-1(3,4)5;;/h5-8,17,19H,1-4H3;2*1-8H;2*1-2H3;2*(H,2,3,4,5);;/q;;;;;;;2*+2/p-4/b15-9+,16-11+;;;;;;;;. The van der Waals surface area contributed by atoms with Gasteiger partial charge in [-0.25, -0.2) is 37.3 Å². The minimum atomic E-state index is -4.94. The maximum absolute atomic E-state index is 11.4. The molecule has 18 nitrogen and oxygen atoms in total. The Hall–Kier alpha value is -4.16. The number of hydrogen-bond acceptors (Lipinski definition) is 18. The third-order valence-electron chi connectivity index (χ3n) is 6.05. The van der Waals surface area contributed by atoms with E-state index in [2.05, 4.69) is 19.9 Å². The molecular weight excluding hydrogens is 1020 g/mol. The molecule has 0 saturated heterocycles. The predicted octanol–water partition coefficient (Wildman–Crippen LogP) is -4.19. The number of Topliss-reactive ketones (excluding diaryl/α,β-unsaturated/α-hetero) is 2. The molecule has 0 bridgehead atoms.